The van der Waals surface area contributed by atoms with Gasteiger partial charge in [-0.3, -0.25) is 0 Å². The summed E-state index contributed by atoms with van der Waals surface area (Å²) in [5.74, 6) is -0.307. The molecule has 1 aliphatic heterocycles. The topological polar surface area (TPSA) is 32.3 Å². The second kappa shape index (κ2) is 5.40. The van der Waals surface area contributed by atoms with Gasteiger partial charge < -0.3 is 10.2 Å². The molecule has 17 heavy (non-hydrogen) atoms. The van der Waals surface area contributed by atoms with Crippen LogP contribution >= 0.6 is 12.6 Å². The fourth-order valence-corrected chi connectivity index (χ4v) is 2.04. The highest BCUT2D eigenvalue weighted by molar-refractivity contribution is 7.80. The van der Waals surface area contributed by atoms with E-state index in [1.54, 1.807) is 17.0 Å². The summed E-state index contributed by atoms with van der Waals surface area (Å²) in [5, 5.41) is 3.14. The van der Waals surface area contributed by atoms with E-state index < -0.39 is 0 Å². The number of piperidine rings is 1. The first-order valence-corrected chi connectivity index (χ1v) is 6.16. The van der Waals surface area contributed by atoms with Crippen LogP contribution in [-0.4, -0.2) is 29.3 Å². The van der Waals surface area contributed by atoms with Crippen molar-refractivity contribution in [2.45, 2.75) is 18.1 Å². The highest BCUT2D eigenvalue weighted by Gasteiger charge is 2.20. The quantitative estimate of drug-likeness (QED) is 0.742. The molecule has 0 aromatic heterocycles. The molecule has 1 aromatic rings. The highest BCUT2D eigenvalue weighted by Crippen LogP contribution is 2.16. The number of hydrogen-bond acceptors (Lipinski definition) is 2. The normalized spacial score (nSPS) is 16.9. The van der Waals surface area contributed by atoms with E-state index in [1.807, 2.05) is 0 Å². The fraction of sp³-hybridized carbons (Fsp3) is 0.417. The molecule has 3 nitrogen and oxygen atoms in total. The standard InChI is InChI=1S/C12H15FN2OS/c13-9-1-3-10(4-2-9)14-12(16)15-7-5-11(17)6-8-15/h1-4,11,17H,5-8H2,(H,14,16). The van der Waals surface area contributed by atoms with Crippen molar-refractivity contribution in [1.29, 1.82) is 0 Å². The summed E-state index contributed by atoms with van der Waals surface area (Å²) in [7, 11) is 0. The lowest BCUT2D eigenvalue weighted by molar-refractivity contribution is 0.201. The number of thiol groups is 1. The zero-order chi connectivity index (χ0) is 12.3. The Balaban J connectivity index is 1.90. The molecule has 92 valence electrons. The molecule has 1 aliphatic rings. The summed E-state index contributed by atoms with van der Waals surface area (Å²) in [6.45, 7) is 1.45. The third kappa shape index (κ3) is 3.36. The molecule has 2 rings (SSSR count). The summed E-state index contributed by atoms with van der Waals surface area (Å²) in [6.07, 6.45) is 1.83. The number of likely N-dealkylation sites (tertiary alicyclic amines) is 1. The van der Waals surface area contributed by atoms with E-state index in [1.165, 1.54) is 12.1 Å². The van der Waals surface area contributed by atoms with Crippen molar-refractivity contribution in [3.05, 3.63) is 30.1 Å². The molecular weight excluding hydrogens is 239 g/mol. The SMILES string of the molecule is O=C(Nc1ccc(F)cc1)N1CCC(S)CC1. The van der Waals surface area contributed by atoms with Gasteiger partial charge in [0.1, 0.15) is 5.82 Å². The average molecular weight is 254 g/mol. The Hall–Kier alpha value is -1.23. The first-order chi connectivity index (χ1) is 8.15. The lowest BCUT2D eigenvalue weighted by Gasteiger charge is -2.29. The Bertz CT molecular complexity index is 388. The molecule has 0 bridgehead atoms. The maximum absolute atomic E-state index is 12.7. The van der Waals surface area contributed by atoms with E-state index in [0.29, 0.717) is 10.9 Å². The van der Waals surface area contributed by atoms with Gasteiger partial charge >= 0.3 is 6.03 Å². The third-order valence-electron chi connectivity index (χ3n) is 2.85. The van der Waals surface area contributed by atoms with E-state index in [9.17, 15) is 9.18 Å². The largest absolute Gasteiger partial charge is 0.324 e. The molecule has 1 aromatic carbocycles. The van der Waals surface area contributed by atoms with Crippen LogP contribution in [0, 0.1) is 5.82 Å². The predicted molar refractivity (Wildman–Crippen MR) is 69.0 cm³/mol. The molecular formula is C12H15FN2OS. The van der Waals surface area contributed by atoms with E-state index in [2.05, 4.69) is 17.9 Å². The Labute approximate surface area is 105 Å². The maximum atomic E-state index is 12.7. The second-order valence-electron chi connectivity index (χ2n) is 4.16. The number of carbonyl (C=O) groups is 1. The number of nitrogens with one attached hydrogen (secondary N) is 1. The number of benzene rings is 1. The first-order valence-electron chi connectivity index (χ1n) is 5.65. The number of urea groups is 1. The first kappa shape index (κ1) is 12.2. The van der Waals surface area contributed by atoms with Crippen LogP contribution in [0.25, 0.3) is 0 Å². The van der Waals surface area contributed by atoms with Gasteiger partial charge in [0, 0.05) is 24.0 Å². The fourth-order valence-electron chi connectivity index (χ4n) is 1.80. The predicted octanol–water partition coefficient (Wildman–Crippen LogP) is 2.75. The number of halogens is 1. The average Bonchev–Trinajstić information content (AvgIpc) is 2.33. The van der Waals surface area contributed by atoms with Crippen molar-refractivity contribution >= 4 is 24.3 Å². The third-order valence-corrected chi connectivity index (χ3v) is 3.36. The molecule has 5 heteroatoms. The van der Waals surface area contributed by atoms with Crippen molar-refractivity contribution in [2.75, 3.05) is 18.4 Å². The summed E-state index contributed by atoms with van der Waals surface area (Å²) >= 11 is 4.38. The molecule has 1 saturated heterocycles. The number of hydrogen-bond donors (Lipinski definition) is 2. The van der Waals surface area contributed by atoms with Crippen LogP contribution in [0.5, 0.6) is 0 Å². The zero-order valence-electron chi connectivity index (χ0n) is 9.40. The molecule has 2 amide bonds. The van der Waals surface area contributed by atoms with E-state index in [4.69, 9.17) is 0 Å². The van der Waals surface area contributed by atoms with Crippen LogP contribution in [0.1, 0.15) is 12.8 Å². The summed E-state index contributed by atoms with van der Waals surface area (Å²) in [5.41, 5.74) is 0.615. The second-order valence-corrected chi connectivity index (χ2v) is 4.89. The van der Waals surface area contributed by atoms with Gasteiger partial charge in [-0.1, -0.05) is 0 Å². The van der Waals surface area contributed by atoms with E-state index in [-0.39, 0.29) is 11.8 Å². The molecule has 0 atom stereocenters. The number of carbonyl (C=O) groups excluding carboxylic acids is 1. The smallest absolute Gasteiger partial charge is 0.321 e. The Morgan fingerprint density at radius 2 is 1.88 bits per heavy atom. The molecule has 1 fully saturated rings. The van der Waals surface area contributed by atoms with Crippen LogP contribution in [0.2, 0.25) is 0 Å². The number of nitrogens with zero attached hydrogens (tertiary/aromatic N) is 1. The Morgan fingerprint density at radius 3 is 2.47 bits per heavy atom. The molecule has 0 radical (unpaired) electrons. The summed E-state index contributed by atoms with van der Waals surface area (Å²) in [6, 6.07) is 5.64. The van der Waals surface area contributed by atoms with Gasteiger partial charge in [-0.25, -0.2) is 9.18 Å². The summed E-state index contributed by atoms with van der Waals surface area (Å²) in [4.78, 5) is 13.6. The van der Waals surface area contributed by atoms with Gasteiger partial charge in [0.25, 0.3) is 0 Å². The van der Waals surface area contributed by atoms with Crippen LogP contribution in [-0.2, 0) is 0 Å². The van der Waals surface area contributed by atoms with Crippen LogP contribution in [0.15, 0.2) is 24.3 Å². The van der Waals surface area contributed by atoms with Gasteiger partial charge in [0.2, 0.25) is 0 Å². The van der Waals surface area contributed by atoms with Gasteiger partial charge in [-0.2, -0.15) is 12.6 Å². The monoisotopic (exact) mass is 254 g/mol. The van der Waals surface area contributed by atoms with Gasteiger partial charge in [-0.15, -0.1) is 0 Å². The Morgan fingerprint density at radius 1 is 1.29 bits per heavy atom. The maximum Gasteiger partial charge on any atom is 0.321 e. The van der Waals surface area contributed by atoms with Crippen LogP contribution < -0.4 is 5.32 Å². The molecule has 0 aliphatic carbocycles. The molecule has 1 heterocycles. The van der Waals surface area contributed by atoms with Crippen LogP contribution in [0.3, 0.4) is 0 Å². The van der Waals surface area contributed by atoms with Crippen molar-refractivity contribution in [2.24, 2.45) is 0 Å². The molecule has 0 saturated carbocycles. The van der Waals surface area contributed by atoms with E-state index in [0.717, 1.165) is 25.9 Å². The van der Waals surface area contributed by atoms with Crippen LogP contribution in [0.4, 0.5) is 14.9 Å². The molecule has 0 unspecified atom stereocenters. The van der Waals surface area contributed by atoms with Gasteiger partial charge in [-0.05, 0) is 37.1 Å². The number of anilines is 1. The minimum absolute atomic E-state index is 0.128. The van der Waals surface area contributed by atoms with E-state index >= 15 is 0 Å². The highest BCUT2D eigenvalue weighted by atomic mass is 32.1. The summed E-state index contributed by atoms with van der Waals surface area (Å²) < 4.78 is 12.7. The van der Waals surface area contributed by atoms with Crippen molar-refractivity contribution in [3.8, 4) is 0 Å². The van der Waals surface area contributed by atoms with Crippen molar-refractivity contribution < 1.29 is 9.18 Å². The molecule has 0 spiro atoms. The molecule has 1 N–H and O–H groups in total. The minimum atomic E-state index is -0.307. The number of amides is 2. The number of rotatable bonds is 1. The lowest BCUT2D eigenvalue weighted by Crippen LogP contribution is -2.41. The van der Waals surface area contributed by atoms with Crippen molar-refractivity contribution in [3.63, 3.8) is 0 Å². The van der Waals surface area contributed by atoms with Gasteiger partial charge in [0.05, 0.1) is 0 Å². The van der Waals surface area contributed by atoms with Gasteiger partial charge in [0.15, 0.2) is 0 Å². The Kier molecular flexibility index (Phi) is 3.89. The zero-order valence-corrected chi connectivity index (χ0v) is 10.3. The lowest BCUT2D eigenvalue weighted by atomic mass is 10.1. The van der Waals surface area contributed by atoms with Crippen molar-refractivity contribution in [1.82, 2.24) is 4.90 Å². The minimum Gasteiger partial charge on any atom is -0.324 e.